The van der Waals surface area contributed by atoms with Crippen LogP contribution in [0.5, 0.6) is 11.5 Å². The van der Waals surface area contributed by atoms with Gasteiger partial charge in [-0.3, -0.25) is 0 Å². The SMILES string of the molecule is COCCOCC(O)COc1cc(OC)ccc1CN. The number of hydrogen-bond donors (Lipinski definition) is 2. The average molecular weight is 285 g/mol. The Morgan fingerprint density at radius 2 is 2.00 bits per heavy atom. The highest BCUT2D eigenvalue weighted by atomic mass is 16.5. The molecule has 1 rings (SSSR count). The summed E-state index contributed by atoms with van der Waals surface area (Å²) >= 11 is 0. The second-order valence-corrected chi connectivity index (χ2v) is 4.21. The molecule has 1 atom stereocenters. The summed E-state index contributed by atoms with van der Waals surface area (Å²) in [4.78, 5) is 0. The van der Waals surface area contributed by atoms with Crippen LogP contribution in [0.3, 0.4) is 0 Å². The molecule has 0 spiro atoms. The highest BCUT2D eigenvalue weighted by Crippen LogP contribution is 2.24. The van der Waals surface area contributed by atoms with Crippen LogP contribution >= 0.6 is 0 Å². The molecule has 0 aliphatic rings. The van der Waals surface area contributed by atoms with Crippen LogP contribution in [0.2, 0.25) is 0 Å². The van der Waals surface area contributed by atoms with Crippen LogP contribution in [0.25, 0.3) is 0 Å². The second kappa shape index (κ2) is 9.55. The van der Waals surface area contributed by atoms with Crippen LogP contribution in [-0.4, -0.2) is 51.9 Å². The summed E-state index contributed by atoms with van der Waals surface area (Å²) in [6.07, 6.45) is -0.705. The van der Waals surface area contributed by atoms with Crippen LogP contribution in [0.15, 0.2) is 18.2 Å². The van der Waals surface area contributed by atoms with Gasteiger partial charge in [0, 0.05) is 25.3 Å². The fraction of sp³-hybridized carbons (Fsp3) is 0.571. The third-order valence-electron chi connectivity index (χ3n) is 2.67. The van der Waals surface area contributed by atoms with E-state index in [1.165, 1.54) is 0 Å². The zero-order valence-electron chi connectivity index (χ0n) is 12.0. The molecule has 6 nitrogen and oxygen atoms in total. The van der Waals surface area contributed by atoms with E-state index in [1.54, 1.807) is 20.3 Å². The number of aliphatic hydroxyl groups excluding tert-OH is 1. The van der Waals surface area contributed by atoms with Gasteiger partial charge in [0.2, 0.25) is 0 Å². The van der Waals surface area contributed by atoms with Crippen molar-refractivity contribution < 1.29 is 24.1 Å². The Hall–Kier alpha value is -1.34. The fourth-order valence-corrected chi connectivity index (χ4v) is 1.56. The molecule has 0 bridgehead atoms. The van der Waals surface area contributed by atoms with Gasteiger partial charge in [0.15, 0.2) is 0 Å². The molecule has 3 N–H and O–H groups in total. The molecule has 0 saturated heterocycles. The zero-order chi connectivity index (χ0) is 14.8. The zero-order valence-corrected chi connectivity index (χ0v) is 12.0. The summed E-state index contributed by atoms with van der Waals surface area (Å²) in [5, 5.41) is 9.75. The van der Waals surface area contributed by atoms with Gasteiger partial charge >= 0.3 is 0 Å². The number of ether oxygens (including phenoxy) is 4. The fourth-order valence-electron chi connectivity index (χ4n) is 1.56. The lowest BCUT2D eigenvalue weighted by atomic mass is 10.2. The van der Waals surface area contributed by atoms with Gasteiger partial charge in [-0.25, -0.2) is 0 Å². The minimum absolute atomic E-state index is 0.132. The molecule has 1 unspecified atom stereocenters. The number of benzene rings is 1. The molecule has 114 valence electrons. The molecule has 0 heterocycles. The number of rotatable bonds is 10. The van der Waals surface area contributed by atoms with Crippen LogP contribution < -0.4 is 15.2 Å². The van der Waals surface area contributed by atoms with Gasteiger partial charge in [-0.1, -0.05) is 6.07 Å². The first kappa shape index (κ1) is 16.7. The van der Waals surface area contributed by atoms with E-state index < -0.39 is 6.10 Å². The molecule has 0 aliphatic carbocycles. The maximum Gasteiger partial charge on any atom is 0.127 e. The molecule has 1 aromatic carbocycles. The largest absolute Gasteiger partial charge is 0.497 e. The predicted octanol–water partition coefficient (Wildman–Crippen LogP) is 0.557. The van der Waals surface area contributed by atoms with Crippen molar-refractivity contribution in [1.82, 2.24) is 0 Å². The molecule has 1 aromatic rings. The quantitative estimate of drug-likeness (QED) is 0.611. The van der Waals surface area contributed by atoms with Crippen LogP contribution in [0.1, 0.15) is 5.56 Å². The van der Waals surface area contributed by atoms with Crippen molar-refractivity contribution in [2.24, 2.45) is 5.73 Å². The summed E-state index contributed by atoms with van der Waals surface area (Å²) in [7, 11) is 3.18. The topological polar surface area (TPSA) is 83.2 Å². The molecule has 0 aromatic heterocycles. The number of nitrogens with two attached hydrogens (primary N) is 1. The van der Waals surface area contributed by atoms with Crippen LogP contribution in [-0.2, 0) is 16.0 Å². The standard InChI is InChI=1S/C14H23NO5/c1-17-5-6-19-9-12(16)10-20-14-7-13(18-2)4-3-11(14)8-15/h3-4,7,12,16H,5-6,8-10,15H2,1-2H3. The Morgan fingerprint density at radius 3 is 2.65 bits per heavy atom. The summed E-state index contributed by atoms with van der Waals surface area (Å²) in [5.41, 5.74) is 6.50. The van der Waals surface area contributed by atoms with Crippen molar-refractivity contribution in [2.45, 2.75) is 12.6 Å². The number of methoxy groups -OCH3 is 2. The average Bonchev–Trinajstić information content (AvgIpc) is 2.49. The Kier molecular flexibility index (Phi) is 7.98. The Labute approximate surface area is 119 Å². The number of aliphatic hydroxyl groups is 1. The molecule has 20 heavy (non-hydrogen) atoms. The van der Waals surface area contributed by atoms with Crippen molar-refractivity contribution in [1.29, 1.82) is 0 Å². The van der Waals surface area contributed by atoms with Gasteiger partial charge in [0.25, 0.3) is 0 Å². The third kappa shape index (κ3) is 5.75. The molecular weight excluding hydrogens is 262 g/mol. The highest BCUT2D eigenvalue weighted by Gasteiger charge is 2.09. The van der Waals surface area contributed by atoms with Crippen LogP contribution in [0, 0.1) is 0 Å². The molecule has 0 fully saturated rings. The van der Waals surface area contributed by atoms with E-state index in [-0.39, 0.29) is 13.2 Å². The first-order valence-corrected chi connectivity index (χ1v) is 6.45. The van der Waals surface area contributed by atoms with Crippen molar-refractivity contribution in [2.75, 3.05) is 40.6 Å². The summed E-state index contributed by atoms with van der Waals surface area (Å²) in [6, 6.07) is 5.41. The first-order valence-electron chi connectivity index (χ1n) is 6.45. The van der Waals surface area contributed by atoms with E-state index in [1.807, 2.05) is 12.1 Å². The lowest BCUT2D eigenvalue weighted by Gasteiger charge is -2.15. The molecule has 6 heteroatoms. The second-order valence-electron chi connectivity index (χ2n) is 4.21. The molecular formula is C14H23NO5. The minimum Gasteiger partial charge on any atom is -0.497 e. The maximum absolute atomic E-state index is 9.75. The molecule has 0 amide bonds. The highest BCUT2D eigenvalue weighted by molar-refractivity contribution is 5.40. The lowest BCUT2D eigenvalue weighted by Crippen LogP contribution is -2.24. The first-order chi connectivity index (χ1) is 9.71. The Bertz CT molecular complexity index is 386. The maximum atomic E-state index is 9.75. The smallest absolute Gasteiger partial charge is 0.127 e. The van der Waals surface area contributed by atoms with Gasteiger partial charge in [0.1, 0.15) is 24.2 Å². The molecule has 0 saturated carbocycles. The van der Waals surface area contributed by atoms with E-state index in [2.05, 4.69) is 0 Å². The van der Waals surface area contributed by atoms with Gasteiger partial charge in [-0.2, -0.15) is 0 Å². The third-order valence-corrected chi connectivity index (χ3v) is 2.67. The molecule has 0 aliphatic heterocycles. The lowest BCUT2D eigenvalue weighted by molar-refractivity contribution is -0.00433. The van der Waals surface area contributed by atoms with Crippen molar-refractivity contribution in [3.05, 3.63) is 23.8 Å². The van der Waals surface area contributed by atoms with Crippen molar-refractivity contribution in [3.63, 3.8) is 0 Å². The van der Waals surface area contributed by atoms with Gasteiger partial charge in [0.05, 0.1) is 26.9 Å². The monoisotopic (exact) mass is 285 g/mol. The normalized spacial score (nSPS) is 12.2. The van der Waals surface area contributed by atoms with Crippen molar-refractivity contribution in [3.8, 4) is 11.5 Å². The van der Waals surface area contributed by atoms with E-state index in [0.717, 1.165) is 5.56 Å². The summed E-state index contributed by atoms with van der Waals surface area (Å²) < 4.78 is 20.8. The van der Waals surface area contributed by atoms with Crippen LogP contribution in [0.4, 0.5) is 0 Å². The van der Waals surface area contributed by atoms with Gasteiger partial charge in [-0.05, 0) is 6.07 Å². The molecule has 0 radical (unpaired) electrons. The Balaban J connectivity index is 2.43. The van der Waals surface area contributed by atoms with E-state index in [9.17, 15) is 5.11 Å². The minimum atomic E-state index is -0.705. The Morgan fingerprint density at radius 1 is 1.20 bits per heavy atom. The van der Waals surface area contributed by atoms with E-state index >= 15 is 0 Å². The van der Waals surface area contributed by atoms with E-state index in [0.29, 0.717) is 31.3 Å². The van der Waals surface area contributed by atoms with Gasteiger partial charge < -0.3 is 29.8 Å². The number of hydrogen-bond acceptors (Lipinski definition) is 6. The van der Waals surface area contributed by atoms with Crippen molar-refractivity contribution >= 4 is 0 Å². The summed E-state index contributed by atoms with van der Waals surface area (Å²) in [6.45, 7) is 1.64. The van der Waals surface area contributed by atoms with Gasteiger partial charge in [-0.15, -0.1) is 0 Å². The van der Waals surface area contributed by atoms with E-state index in [4.69, 9.17) is 24.7 Å². The predicted molar refractivity (Wildman–Crippen MR) is 75.1 cm³/mol. The summed E-state index contributed by atoms with van der Waals surface area (Å²) in [5.74, 6) is 1.30.